The van der Waals surface area contributed by atoms with Gasteiger partial charge in [-0.2, -0.15) is 10.5 Å². The Morgan fingerprint density at radius 2 is 0.573 bits per heavy atom. The van der Waals surface area contributed by atoms with Crippen LogP contribution < -0.4 is 0 Å². The van der Waals surface area contributed by atoms with Gasteiger partial charge in [0.1, 0.15) is 23.3 Å². The normalized spacial score (nSPS) is 12.1. The molecule has 8 heteroatoms. The molecule has 18 aromatic rings. The summed E-state index contributed by atoms with van der Waals surface area (Å²) in [6.45, 7) is 0. The van der Waals surface area contributed by atoms with Gasteiger partial charge in [0.25, 0.3) is 0 Å². The Bertz CT molecular complexity index is 5780. The maximum absolute atomic E-state index is 13.0. The van der Waals surface area contributed by atoms with Crippen LogP contribution in [0.15, 0.2) is 243 Å². The number of para-hydroxylation sites is 6. The van der Waals surface area contributed by atoms with Crippen LogP contribution in [-0.2, 0) is 0 Å². The molecule has 6 nitrogen and oxygen atoms in total. The van der Waals surface area contributed by atoms with Crippen molar-refractivity contribution in [3.8, 4) is 46.0 Å². The maximum atomic E-state index is 13.0. The molecule has 0 atom stereocenters. The second-order valence-electron chi connectivity index (χ2n) is 21.2. The molecule has 0 radical (unpaired) electrons. The summed E-state index contributed by atoms with van der Waals surface area (Å²) in [5.41, 5.74) is 13.0. The molecule has 378 valence electrons. The van der Waals surface area contributed by atoms with E-state index in [0.717, 1.165) is 98.4 Å². The van der Waals surface area contributed by atoms with Crippen molar-refractivity contribution in [2.24, 2.45) is 0 Å². The van der Waals surface area contributed by atoms with Gasteiger partial charge in [-0.25, -0.2) is 0 Å². The molecule has 0 unspecified atom stereocenters. The van der Waals surface area contributed by atoms with E-state index in [1.807, 2.05) is 22.7 Å². The Morgan fingerprint density at radius 3 is 1.02 bits per heavy atom. The molecule has 0 bridgehead atoms. The van der Waals surface area contributed by atoms with E-state index >= 15 is 0 Å². The number of hydrogen-bond acceptors (Lipinski definition) is 4. The molecule has 0 aliphatic rings. The van der Waals surface area contributed by atoms with Crippen molar-refractivity contribution in [1.29, 1.82) is 10.5 Å². The van der Waals surface area contributed by atoms with Crippen LogP contribution in [0, 0.1) is 22.7 Å². The Kier molecular flexibility index (Phi) is 9.30. The molecule has 0 aliphatic heterocycles. The first kappa shape index (κ1) is 45.2. The molecule has 0 saturated carbocycles. The fourth-order valence-electron chi connectivity index (χ4n) is 14.1. The van der Waals surface area contributed by atoms with Gasteiger partial charge >= 0.3 is 0 Å². The molecule has 0 spiro atoms. The van der Waals surface area contributed by atoms with E-state index in [2.05, 4.69) is 273 Å². The highest BCUT2D eigenvalue weighted by molar-refractivity contribution is 7.27. The summed E-state index contributed by atoms with van der Waals surface area (Å²) in [6, 6.07) is 92.3. The van der Waals surface area contributed by atoms with Crippen molar-refractivity contribution in [2.75, 3.05) is 0 Å². The molecule has 6 aromatic heterocycles. The standard InChI is InChI=1S/C74H40N6S2/c75-41-54-70(77-56-29-9-1-19-43(56)44-20-2-10-30-57(44)77)71(78-58-31-11-3-21-45(58)46-22-4-12-32-59(46)78)55(42-76)73(72(54)79-60-33-13-5-23-47(60)48-24-6-14-34-61(48)79)80-62-35-17-27-51(50-28-18-38-66-67(50)53-26-8-16-37-65(53)81-66)68(62)69-63(80)40-39-52-49-25-7-15-36-64(49)82-74(52)69/h1-40H. The zero-order valence-corrected chi connectivity index (χ0v) is 45.2. The number of fused-ring (bicyclic) bond motifs is 19. The van der Waals surface area contributed by atoms with Gasteiger partial charge in [0.2, 0.25) is 0 Å². The third kappa shape index (κ3) is 5.88. The SMILES string of the molecule is N#Cc1c(-n2c3ccccc3c3ccccc32)c(-n2c3ccccc3c3ccccc32)c(C#N)c(-n2c3cccc(-c4cccc5sc6ccccc6c45)c3c3c4sc5ccccc5c4ccc32)c1-n1c2ccccc2c2ccccc21. The summed E-state index contributed by atoms with van der Waals surface area (Å²) in [5.74, 6) is 0. The van der Waals surface area contributed by atoms with Gasteiger partial charge in [-0.15, -0.1) is 22.7 Å². The highest BCUT2D eigenvalue weighted by Crippen LogP contribution is 2.53. The number of nitriles is 2. The van der Waals surface area contributed by atoms with Crippen LogP contribution in [0.2, 0.25) is 0 Å². The molecule has 82 heavy (non-hydrogen) atoms. The Labute approximate surface area is 475 Å². The summed E-state index contributed by atoms with van der Waals surface area (Å²) in [6.07, 6.45) is 0. The fourth-order valence-corrected chi connectivity index (χ4v) is 16.4. The largest absolute Gasteiger partial charge is 0.306 e. The summed E-state index contributed by atoms with van der Waals surface area (Å²) >= 11 is 3.64. The van der Waals surface area contributed by atoms with Crippen LogP contribution >= 0.6 is 22.7 Å². The highest BCUT2D eigenvalue weighted by atomic mass is 32.1. The van der Waals surface area contributed by atoms with E-state index < -0.39 is 0 Å². The predicted octanol–water partition coefficient (Wildman–Crippen LogP) is 20.2. The predicted molar refractivity (Wildman–Crippen MR) is 344 cm³/mol. The van der Waals surface area contributed by atoms with Gasteiger partial charge in [0.05, 0.1) is 66.9 Å². The summed E-state index contributed by atoms with van der Waals surface area (Å²) in [7, 11) is 0. The second-order valence-corrected chi connectivity index (χ2v) is 23.4. The summed E-state index contributed by atoms with van der Waals surface area (Å²) in [4.78, 5) is 0. The number of thiophene rings is 2. The van der Waals surface area contributed by atoms with Crippen molar-refractivity contribution < 1.29 is 0 Å². The van der Waals surface area contributed by atoms with Gasteiger partial charge in [-0.05, 0) is 77.9 Å². The minimum atomic E-state index is 0.422. The van der Waals surface area contributed by atoms with Crippen LogP contribution in [0.4, 0.5) is 0 Å². The number of benzene rings is 12. The smallest absolute Gasteiger partial charge is 0.104 e. The average Bonchev–Trinajstić information content (AvgIpc) is 1.80. The number of nitrogens with zero attached hydrogens (tertiary/aromatic N) is 6. The lowest BCUT2D eigenvalue weighted by molar-refractivity contribution is 1.02. The molecule has 0 saturated heterocycles. The third-order valence-corrected chi connectivity index (χ3v) is 19.6. The lowest BCUT2D eigenvalue weighted by Crippen LogP contribution is -2.16. The van der Waals surface area contributed by atoms with Crippen molar-refractivity contribution >= 4 is 150 Å². The molecular weight excluding hydrogens is 1040 g/mol. The summed E-state index contributed by atoms with van der Waals surface area (Å²) in [5, 5.41) is 39.1. The van der Waals surface area contributed by atoms with Crippen LogP contribution in [0.5, 0.6) is 0 Å². The molecule has 6 heterocycles. The topological polar surface area (TPSA) is 67.3 Å². The van der Waals surface area contributed by atoms with E-state index in [-0.39, 0.29) is 0 Å². The quantitative estimate of drug-likeness (QED) is 0.172. The van der Waals surface area contributed by atoms with Crippen molar-refractivity contribution in [3.05, 3.63) is 254 Å². The van der Waals surface area contributed by atoms with Crippen LogP contribution in [0.3, 0.4) is 0 Å². The Balaban J connectivity index is 1.14. The Hall–Kier alpha value is -10.7. The number of rotatable bonds is 5. The first-order valence-electron chi connectivity index (χ1n) is 27.5. The molecule has 18 rings (SSSR count). The second kappa shape index (κ2) is 16.9. The molecule has 0 amide bonds. The number of hydrogen-bond donors (Lipinski definition) is 0. The first-order chi connectivity index (χ1) is 40.7. The minimum Gasteiger partial charge on any atom is -0.306 e. The molecular formula is C74H40N6S2. The van der Waals surface area contributed by atoms with Gasteiger partial charge in [0, 0.05) is 83.4 Å². The maximum Gasteiger partial charge on any atom is 0.104 e. The van der Waals surface area contributed by atoms with E-state index in [1.54, 1.807) is 0 Å². The number of aromatic nitrogens is 4. The van der Waals surface area contributed by atoms with Crippen molar-refractivity contribution in [1.82, 2.24) is 18.3 Å². The monoisotopic (exact) mass is 1080 g/mol. The molecule has 12 aromatic carbocycles. The van der Waals surface area contributed by atoms with Crippen LogP contribution in [0.25, 0.3) is 161 Å². The van der Waals surface area contributed by atoms with Crippen LogP contribution in [0.1, 0.15) is 11.1 Å². The average molecular weight is 1080 g/mol. The Morgan fingerprint density at radius 1 is 0.244 bits per heavy atom. The lowest BCUT2D eigenvalue weighted by Gasteiger charge is -2.27. The lowest BCUT2D eigenvalue weighted by atomic mass is 9.95. The zero-order chi connectivity index (χ0) is 53.9. The van der Waals surface area contributed by atoms with Crippen molar-refractivity contribution in [3.63, 3.8) is 0 Å². The van der Waals surface area contributed by atoms with E-state index in [1.165, 1.54) is 40.3 Å². The minimum absolute atomic E-state index is 0.422. The van der Waals surface area contributed by atoms with E-state index in [4.69, 9.17) is 0 Å². The molecule has 0 N–H and O–H groups in total. The van der Waals surface area contributed by atoms with Gasteiger partial charge in [-0.1, -0.05) is 176 Å². The highest BCUT2D eigenvalue weighted by Gasteiger charge is 2.35. The van der Waals surface area contributed by atoms with E-state index in [9.17, 15) is 10.5 Å². The van der Waals surface area contributed by atoms with Crippen molar-refractivity contribution in [2.45, 2.75) is 0 Å². The van der Waals surface area contributed by atoms with E-state index in [0.29, 0.717) is 33.9 Å². The molecule has 0 fully saturated rings. The third-order valence-electron chi connectivity index (χ3n) is 17.2. The van der Waals surface area contributed by atoms with Gasteiger partial charge < -0.3 is 18.3 Å². The summed E-state index contributed by atoms with van der Waals surface area (Å²) < 4.78 is 14.0. The fraction of sp³-hybridized carbons (Fsp3) is 0. The zero-order valence-electron chi connectivity index (χ0n) is 43.6. The van der Waals surface area contributed by atoms with Gasteiger partial charge in [0.15, 0.2) is 0 Å². The van der Waals surface area contributed by atoms with Gasteiger partial charge in [-0.3, -0.25) is 0 Å². The van der Waals surface area contributed by atoms with Crippen LogP contribution in [-0.4, -0.2) is 18.3 Å². The first-order valence-corrected chi connectivity index (χ1v) is 29.1. The molecule has 0 aliphatic carbocycles.